The highest BCUT2D eigenvalue weighted by Gasteiger charge is 2.24. The van der Waals surface area contributed by atoms with Crippen LogP contribution < -0.4 is 9.62 Å². The van der Waals surface area contributed by atoms with Crippen LogP contribution in [0.15, 0.2) is 53.4 Å². The predicted molar refractivity (Wildman–Crippen MR) is 122 cm³/mol. The van der Waals surface area contributed by atoms with Crippen molar-refractivity contribution in [2.45, 2.75) is 50.0 Å². The van der Waals surface area contributed by atoms with Crippen LogP contribution in [0.25, 0.3) is 11.4 Å². The largest absolute Gasteiger partial charge is 0.312 e. The standard InChI is InChI=1S/C23H25N5O3S/c29-22-10-6-16-27(22)17-11-13-18(14-12-17)32(30,31)26-20-8-4-3-7-19(20)23-25-24-21-9-2-1-5-15-28(21)23/h3-4,7-8,11-14,26H,1-2,5-6,9-10,15-16H2. The van der Waals surface area contributed by atoms with Gasteiger partial charge < -0.3 is 9.47 Å². The SMILES string of the molecule is O=C1CCCN1c1ccc(S(=O)(=O)Nc2ccccc2-c2nnc3n2CCCCC3)cc1. The summed E-state index contributed by atoms with van der Waals surface area (Å²) in [7, 11) is -3.82. The van der Waals surface area contributed by atoms with Gasteiger partial charge in [0.05, 0.1) is 10.6 Å². The van der Waals surface area contributed by atoms with E-state index in [0.29, 0.717) is 30.0 Å². The molecule has 3 heterocycles. The Bertz CT molecular complexity index is 1250. The van der Waals surface area contributed by atoms with Crippen LogP contribution >= 0.6 is 0 Å². The van der Waals surface area contributed by atoms with Crippen LogP contribution in [0.5, 0.6) is 0 Å². The molecule has 0 aliphatic carbocycles. The van der Waals surface area contributed by atoms with E-state index in [-0.39, 0.29) is 10.8 Å². The molecule has 0 radical (unpaired) electrons. The van der Waals surface area contributed by atoms with Crippen LogP contribution in [0.3, 0.4) is 0 Å². The number of hydrogen-bond acceptors (Lipinski definition) is 5. The summed E-state index contributed by atoms with van der Waals surface area (Å²) < 4.78 is 31.1. The molecule has 8 nitrogen and oxygen atoms in total. The predicted octanol–water partition coefficient (Wildman–Crippen LogP) is 3.60. The number of anilines is 2. The van der Waals surface area contributed by atoms with Gasteiger partial charge in [0.1, 0.15) is 5.82 Å². The van der Waals surface area contributed by atoms with Crippen molar-refractivity contribution < 1.29 is 13.2 Å². The fraction of sp³-hybridized carbons (Fsp3) is 0.348. The second-order valence-corrected chi connectivity index (χ2v) is 9.88. The Morgan fingerprint density at radius 1 is 0.844 bits per heavy atom. The smallest absolute Gasteiger partial charge is 0.261 e. The highest BCUT2D eigenvalue weighted by molar-refractivity contribution is 7.92. The molecule has 5 rings (SSSR count). The van der Waals surface area contributed by atoms with Crippen LogP contribution in [-0.4, -0.2) is 35.6 Å². The van der Waals surface area contributed by atoms with Crippen molar-refractivity contribution in [1.29, 1.82) is 0 Å². The van der Waals surface area contributed by atoms with Crippen molar-refractivity contribution in [2.24, 2.45) is 0 Å². The second-order valence-electron chi connectivity index (χ2n) is 8.20. The number of carbonyl (C=O) groups excluding carboxylic acids is 1. The molecule has 1 N–H and O–H groups in total. The van der Waals surface area contributed by atoms with Crippen molar-refractivity contribution in [3.8, 4) is 11.4 Å². The number of aromatic nitrogens is 3. The van der Waals surface area contributed by atoms with Gasteiger partial charge in [0.2, 0.25) is 5.91 Å². The molecule has 2 aliphatic rings. The van der Waals surface area contributed by atoms with Crippen LogP contribution in [0.2, 0.25) is 0 Å². The molecule has 0 bridgehead atoms. The van der Waals surface area contributed by atoms with E-state index in [2.05, 4.69) is 19.5 Å². The number of hydrogen-bond donors (Lipinski definition) is 1. The van der Waals surface area contributed by atoms with E-state index in [1.165, 1.54) is 12.1 Å². The van der Waals surface area contributed by atoms with Gasteiger partial charge in [-0.3, -0.25) is 9.52 Å². The Labute approximate surface area is 187 Å². The normalized spacial score (nSPS) is 16.6. The third-order valence-electron chi connectivity index (χ3n) is 6.05. The first kappa shape index (κ1) is 20.7. The average Bonchev–Trinajstić information content (AvgIpc) is 3.33. The average molecular weight is 452 g/mol. The fourth-order valence-electron chi connectivity index (χ4n) is 4.38. The Morgan fingerprint density at radius 2 is 1.66 bits per heavy atom. The first-order valence-electron chi connectivity index (χ1n) is 11.0. The monoisotopic (exact) mass is 451 g/mol. The third kappa shape index (κ3) is 3.88. The molecule has 1 fully saturated rings. The molecule has 0 atom stereocenters. The highest BCUT2D eigenvalue weighted by Crippen LogP contribution is 2.31. The summed E-state index contributed by atoms with van der Waals surface area (Å²) in [6, 6.07) is 13.7. The van der Waals surface area contributed by atoms with Crippen molar-refractivity contribution in [3.05, 3.63) is 54.4 Å². The molecule has 0 spiro atoms. The molecule has 0 saturated carbocycles. The first-order valence-corrected chi connectivity index (χ1v) is 12.5. The van der Waals surface area contributed by atoms with E-state index in [4.69, 9.17) is 0 Å². The maximum atomic E-state index is 13.1. The lowest BCUT2D eigenvalue weighted by Gasteiger charge is -2.17. The second kappa shape index (κ2) is 8.38. The van der Waals surface area contributed by atoms with Gasteiger partial charge in [0.15, 0.2) is 5.82 Å². The molecule has 1 aromatic heterocycles. The Hall–Kier alpha value is -3.20. The number of fused-ring (bicyclic) bond motifs is 1. The zero-order chi connectivity index (χ0) is 22.1. The zero-order valence-electron chi connectivity index (χ0n) is 17.7. The maximum Gasteiger partial charge on any atom is 0.261 e. The highest BCUT2D eigenvalue weighted by atomic mass is 32.2. The van der Waals surface area contributed by atoms with E-state index >= 15 is 0 Å². The Morgan fingerprint density at radius 3 is 2.44 bits per heavy atom. The number of carbonyl (C=O) groups is 1. The minimum atomic E-state index is -3.82. The topological polar surface area (TPSA) is 97.2 Å². The number of nitrogens with one attached hydrogen (secondary N) is 1. The quantitative estimate of drug-likeness (QED) is 0.639. The van der Waals surface area contributed by atoms with Crippen molar-refractivity contribution in [2.75, 3.05) is 16.2 Å². The summed E-state index contributed by atoms with van der Waals surface area (Å²) in [5.41, 5.74) is 1.89. The minimum absolute atomic E-state index is 0.0695. The van der Waals surface area contributed by atoms with E-state index in [9.17, 15) is 13.2 Å². The van der Waals surface area contributed by atoms with Crippen LogP contribution in [0.4, 0.5) is 11.4 Å². The van der Waals surface area contributed by atoms with Gasteiger partial charge in [0.25, 0.3) is 10.0 Å². The third-order valence-corrected chi connectivity index (χ3v) is 7.44. The van der Waals surface area contributed by atoms with Gasteiger partial charge in [-0.1, -0.05) is 18.6 Å². The summed E-state index contributed by atoms with van der Waals surface area (Å²) in [5.74, 6) is 1.70. The number of para-hydroxylation sites is 1. The van der Waals surface area contributed by atoms with Gasteiger partial charge in [-0.05, 0) is 55.7 Å². The van der Waals surface area contributed by atoms with Gasteiger partial charge in [0, 0.05) is 37.2 Å². The number of aryl methyl sites for hydroxylation is 1. The van der Waals surface area contributed by atoms with Gasteiger partial charge >= 0.3 is 0 Å². The number of amides is 1. The van der Waals surface area contributed by atoms with Gasteiger partial charge in [-0.25, -0.2) is 8.42 Å². The zero-order valence-corrected chi connectivity index (χ0v) is 18.5. The fourth-order valence-corrected chi connectivity index (χ4v) is 5.46. The lowest BCUT2D eigenvalue weighted by Crippen LogP contribution is -2.23. The Balaban J connectivity index is 1.43. The summed E-state index contributed by atoms with van der Waals surface area (Å²) in [5, 5.41) is 8.72. The molecule has 2 aliphatic heterocycles. The lowest BCUT2D eigenvalue weighted by atomic mass is 10.1. The first-order chi connectivity index (χ1) is 15.5. The molecular formula is C23H25N5O3S. The van der Waals surface area contributed by atoms with E-state index < -0.39 is 10.0 Å². The molecule has 32 heavy (non-hydrogen) atoms. The molecule has 9 heteroatoms. The molecule has 1 amide bonds. The molecule has 2 aromatic carbocycles. The summed E-state index contributed by atoms with van der Waals surface area (Å²) in [6.07, 6.45) is 5.53. The summed E-state index contributed by atoms with van der Waals surface area (Å²) >= 11 is 0. The van der Waals surface area contributed by atoms with E-state index in [1.54, 1.807) is 29.2 Å². The molecule has 3 aromatic rings. The van der Waals surface area contributed by atoms with Gasteiger partial charge in [-0.2, -0.15) is 0 Å². The number of nitrogens with zero attached hydrogens (tertiary/aromatic N) is 4. The molecule has 1 saturated heterocycles. The Kier molecular flexibility index (Phi) is 5.42. The molecular weight excluding hydrogens is 426 g/mol. The number of rotatable bonds is 5. The molecule has 0 unspecified atom stereocenters. The maximum absolute atomic E-state index is 13.1. The van der Waals surface area contributed by atoms with Crippen LogP contribution in [0, 0.1) is 0 Å². The lowest BCUT2D eigenvalue weighted by molar-refractivity contribution is -0.117. The van der Waals surface area contributed by atoms with Crippen molar-refractivity contribution in [1.82, 2.24) is 14.8 Å². The summed E-state index contributed by atoms with van der Waals surface area (Å²) in [6.45, 7) is 1.49. The minimum Gasteiger partial charge on any atom is -0.312 e. The number of sulfonamides is 1. The van der Waals surface area contributed by atoms with Crippen LogP contribution in [-0.2, 0) is 27.8 Å². The van der Waals surface area contributed by atoms with Gasteiger partial charge in [-0.15, -0.1) is 10.2 Å². The van der Waals surface area contributed by atoms with Crippen LogP contribution in [0.1, 0.15) is 37.9 Å². The summed E-state index contributed by atoms with van der Waals surface area (Å²) in [4.78, 5) is 13.8. The van der Waals surface area contributed by atoms with E-state index in [0.717, 1.165) is 50.2 Å². The molecule has 166 valence electrons. The number of benzene rings is 2. The van der Waals surface area contributed by atoms with Crippen molar-refractivity contribution >= 4 is 27.3 Å². The van der Waals surface area contributed by atoms with Crippen molar-refractivity contribution in [3.63, 3.8) is 0 Å². The van der Waals surface area contributed by atoms with E-state index in [1.807, 2.05) is 12.1 Å².